The van der Waals surface area contributed by atoms with Crippen molar-refractivity contribution in [2.45, 2.75) is 6.54 Å². The summed E-state index contributed by atoms with van der Waals surface area (Å²) in [6.45, 7) is 0.922. The molecule has 5 heteroatoms. The number of aromatic nitrogens is 1. The van der Waals surface area contributed by atoms with Crippen molar-refractivity contribution in [1.82, 2.24) is 9.88 Å². The highest BCUT2D eigenvalue weighted by atomic mass is 79.9. The van der Waals surface area contributed by atoms with Gasteiger partial charge in [0.05, 0.1) is 6.54 Å². The van der Waals surface area contributed by atoms with Gasteiger partial charge in [-0.05, 0) is 22.0 Å². The van der Waals surface area contributed by atoms with Crippen molar-refractivity contribution in [2.24, 2.45) is 0 Å². The van der Waals surface area contributed by atoms with Crippen LogP contribution in [0.4, 0.5) is 5.82 Å². The summed E-state index contributed by atoms with van der Waals surface area (Å²) < 4.78 is 0.931. The van der Waals surface area contributed by atoms with E-state index in [2.05, 4.69) is 26.2 Å². The number of nitrogens with zero attached hydrogens (tertiary/aromatic N) is 2. The Bertz CT molecular complexity index is 380. The molecule has 0 saturated heterocycles. The lowest BCUT2D eigenvalue weighted by atomic mass is 10.2. The Hall–Kier alpha value is -1.10. The molecule has 1 aliphatic heterocycles. The average Bonchev–Trinajstić information content (AvgIpc) is 2.27. The molecule has 2 rings (SSSR count). The lowest BCUT2D eigenvalue weighted by molar-refractivity contribution is -0.128. The maximum Gasteiger partial charge on any atom is 0.241 e. The molecule has 0 unspecified atom stereocenters. The van der Waals surface area contributed by atoms with Crippen molar-refractivity contribution in [1.29, 1.82) is 0 Å². The molecule has 0 atom stereocenters. The van der Waals surface area contributed by atoms with Gasteiger partial charge in [0.25, 0.3) is 0 Å². The standard InChI is InChI=1S/C9H10BrN3O/c1-13-5-6-2-7(10)3-11-9(6)12-4-8(13)14/h2-3H,4-5H2,1H3,(H,11,12). The third-order valence-electron chi connectivity index (χ3n) is 2.17. The summed E-state index contributed by atoms with van der Waals surface area (Å²) in [4.78, 5) is 17.3. The minimum atomic E-state index is 0.0825. The van der Waals surface area contributed by atoms with E-state index in [1.807, 2.05) is 6.07 Å². The zero-order valence-corrected chi connectivity index (χ0v) is 9.34. The Kier molecular flexibility index (Phi) is 2.41. The smallest absolute Gasteiger partial charge is 0.241 e. The zero-order chi connectivity index (χ0) is 10.1. The molecule has 0 bridgehead atoms. The summed E-state index contributed by atoms with van der Waals surface area (Å²) >= 11 is 3.36. The maximum absolute atomic E-state index is 11.4. The van der Waals surface area contributed by atoms with Gasteiger partial charge in [-0.15, -0.1) is 0 Å². The Morgan fingerprint density at radius 1 is 1.64 bits per heavy atom. The number of amides is 1. The number of carbonyl (C=O) groups excluding carboxylic acids is 1. The Labute approximate surface area is 90.4 Å². The van der Waals surface area contributed by atoms with Crippen molar-refractivity contribution in [3.8, 4) is 0 Å². The van der Waals surface area contributed by atoms with Crippen molar-refractivity contribution >= 4 is 27.7 Å². The maximum atomic E-state index is 11.4. The van der Waals surface area contributed by atoms with E-state index in [9.17, 15) is 4.79 Å². The first-order valence-electron chi connectivity index (χ1n) is 4.29. The normalized spacial score (nSPS) is 15.9. The molecule has 1 aromatic rings. The minimum Gasteiger partial charge on any atom is -0.361 e. The number of rotatable bonds is 0. The predicted octanol–water partition coefficient (Wildman–Crippen LogP) is 1.23. The van der Waals surface area contributed by atoms with E-state index in [-0.39, 0.29) is 5.91 Å². The molecule has 0 spiro atoms. The van der Waals surface area contributed by atoms with Crippen LogP contribution >= 0.6 is 15.9 Å². The Morgan fingerprint density at radius 3 is 3.21 bits per heavy atom. The van der Waals surface area contributed by atoms with Gasteiger partial charge in [-0.3, -0.25) is 4.79 Å². The summed E-state index contributed by atoms with van der Waals surface area (Å²) in [7, 11) is 1.79. The number of carbonyl (C=O) groups is 1. The summed E-state index contributed by atoms with van der Waals surface area (Å²) in [6.07, 6.45) is 1.72. The topological polar surface area (TPSA) is 45.2 Å². The van der Waals surface area contributed by atoms with E-state index in [1.165, 1.54) is 0 Å². The number of hydrogen-bond acceptors (Lipinski definition) is 3. The molecule has 0 fully saturated rings. The van der Waals surface area contributed by atoms with E-state index in [0.29, 0.717) is 13.1 Å². The van der Waals surface area contributed by atoms with E-state index < -0.39 is 0 Å². The van der Waals surface area contributed by atoms with Crippen LogP contribution < -0.4 is 5.32 Å². The Morgan fingerprint density at radius 2 is 2.43 bits per heavy atom. The van der Waals surface area contributed by atoms with Crippen LogP contribution in [0.3, 0.4) is 0 Å². The Balaban J connectivity index is 2.38. The molecule has 2 heterocycles. The van der Waals surface area contributed by atoms with Crippen LogP contribution in [0.25, 0.3) is 0 Å². The van der Waals surface area contributed by atoms with E-state index in [1.54, 1.807) is 18.1 Å². The van der Waals surface area contributed by atoms with E-state index >= 15 is 0 Å². The lowest BCUT2D eigenvalue weighted by Gasteiger charge is -2.12. The fourth-order valence-electron chi connectivity index (χ4n) is 1.40. The number of halogens is 1. The number of hydrogen-bond donors (Lipinski definition) is 1. The molecule has 0 radical (unpaired) electrons. The molecule has 1 aliphatic rings. The lowest BCUT2D eigenvalue weighted by Crippen LogP contribution is -2.28. The zero-order valence-electron chi connectivity index (χ0n) is 7.75. The van der Waals surface area contributed by atoms with Gasteiger partial charge in [-0.1, -0.05) is 0 Å². The highest BCUT2D eigenvalue weighted by Crippen LogP contribution is 2.21. The number of pyridine rings is 1. The van der Waals surface area contributed by atoms with Gasteiger partial charge < -0.3 is 10.2 Å². The van der Waals surface area contributed by atoms with Gasteiger partial charge >= 0.3 is 0 Å². The van der Waals surface area contributed by atoms with Gasteiger partial charge in [-0.2, -0.15) is 0 Å². The molecule has 74 valence electrons. The van der Waals surface area contributed by atoms with Crippen LogP contribution in [-0.4, -0.2) is 29.4 Å². The number of anilines is 1. The second-order valence-corrected chi connectivity index (χ2v) is 4.18. The molecule has 1 amide bonds. The van der Waals surface area contributed by atoms with Crippen LogP contribution in [0.2, 0.25) is 0 Å². The summed E-state index contributed by atoms with van der Waals surface area (Å²) in [5, 5.41) is 3.01. The van der Waals surface area contributed by atoms with Crippen LogP contribution in [-0.2, 0) is 11.3 Å². The van der Waals surface area contributed by atoms with Crippen molar-refractivity contribution < 1.29 is 4.79 Å². The monoisotopic (exact) mass is 255 g/mol. The molecular formula is C9H10BrN3O. The SMILES string of the molecule is CN1Cc2cc(Br)cnc2NCC1=O. The predicted molar refractivity (Wildman–Crippen MR) is 56.9 cm³/mol. The minimum absolute atomic E-state index is 0.0825. The van der Waals surface area contributed by atoms with Crippen molar-refractivity contribution in [3.05, 3.63) is 22.3 Å². The highest BCUT2D eigenvalue weighted by Gasteiger charge is 2.17. The number of fused-ring (bicyclic) bond motifs is 1. The van der Waals surface area contributed by atoms with Gasteiger partial charge in [0.2, 0.25) is 5.91 Å². The van der Waals surface area contributed by atoms with Crippen LogP contribution in [0, 0.1) is 0 Å². The molecule has 1 aromatic heterocycles. The van der Waals surface area contributed by atoms with Crippen LogP contribution in [0.5, 0.6) is 0 Å². The van der Waals surface area contributed by atoms with Crippen molar-refractivity contribution in [3.63, 3.8) is 0 Å². The molecule has 1 N–H and O–H groups in total. The molecule has 0 aromatic carbocycles. The summed E-state index contributed by atoms with van der Waals surface area (Å²) in [5.41, 5.74) is 1.03. The van der Waals surface area contributed by atoms with Crippen molar-refractivity contribution in [2.75, 3.05) is 18.9 Å². The van der Waals surface area contributed by atoms with Gasteiger partial charge in [0, 0.05) is 29.8 Å². The third-order valence-corrected chi connectivity index (χ3v) is 2.61. The second-order valence-electron chi connectivity index (χ2n) is 3.26. The summed E-state index contributed by atoms with van der Waals surface area (Å²) in [6, 6.07) is 1.98. The quantitative estimate of drug-likeness (QED) is 0.759. The molecule has 14 heavy (non-hydrogen) atoms. The van der Waals surface area contributed by atoms with Gasteiger partial charge in [0.1, 0.15) is 5.82 Å². The number of likely N-dealkylation sites (N-methyl/N-ethyl adjacent to an activating group) is 1. The first-order chi connectivity index (χ1) is 6.66. The second kappa shape index (κ2) is 3.57. The molecular weight excluding hydrogens is 246 g/mol. The van der Waals surface area contributed by atoms with Crippen LogP contribution in [0.15, 0.2) is 16.7 Å². The fourth-order valence-corrected chi connectivity index (χ4v) is 1.78. The van der Waals surface area contributed by atoms with Crippen LogP contribution in [0.1, 0.15) is 5.56 Å². The highest BCUT2D eigenvalue weighted by molar-refractivity contribution is 9.10. The third kappa shape index (κ3) is 1.72. The van der Waals surface area contributed by atoms with E-state index in [4.69, 9.17) is 0 Å². The van der Waals surface area contributed by atoms with Gasteiger partial charge in [0.15, 0.2) is 0 Å². The average molecular weight is 256 g/mol. The molecule has 0 saturated carbocycles. The molecule has 0 aliphatic carbocycles. The first-order valence-corrected chi connectivity index (χ1v) is 5.08. The fraction of sp³-hybridized carbons (Fsp3) is 0.333. The molecule has 4 nitrogen and oxygen atoms in total. The first kappa shape index (κ1) is 9.45. The van der Waals surface area contributed by atoms with E-state index in [0.717, 1.165) is 15.9 Å². The largest absolute Gasteiger partial charge is 0.361 e. The summed E-state index contributed by atoms with van der Waals surface area (Å²) in [5.74, 6) is 0.880. The number of nitrogens with one attached hydrogen (secondary N) is 1. The van der Waals surface area contributed by atoms with Gasteiger partial charge in [-0.25, -0.2) is 4.98 Å².